The summed E-state index contributed by atoms with van der Waals surface area (Å²) in [6, 6.07) is 7.11. The molecular weight excluding hydrogens is 437 g/mol. The fraction of sp³-hybridized carbons (Fsp3) is 0.278. The van der Waals surface area contributed by atoms with Crippen LogP contribution in [0.15, 0.2) is 46.2 Å². The first kappa shape index (κ1) is 22.3. The SMILES string of the molecule is Cc1ccc(NC(=O)c2ccc(F)c(S(=O)(=O)N3CCOCC3)c2)cc1S(N)(=O)=O. The average molecular weight is 458 g/mol. The van der Waals surface area contributed by atoms with Crippen molar-refractivity contribution in [2.24, 2.45) is 5.14 Å². The van der Waals surface area contributed by atoms with Gasteiger partial charge in [0, 0.05) is 24.3 Å². The van der Waals surface area contributed by atoms with Crippen LogP contribution in [0, 0.1) is 12.7 Å². The highest BCUT2D eigenvalue weighted by Gasteiger charge is 2.29. The van der Waals surface area contributed by atoms with Crippen molar-refractivity contribution in [1.82, 2.24) is 4.31 Å². The zero-order chi connectivity index (χ0) is 22.1. The number of ether oxygens (including phenoxy) is 1. The number of nitrogens with zero attached hydrogens (tertiary/aromatic N) is 1. The van der Waals surface area contributed by atoms with Crippen LogP contribution in [0.5, 0.6) is 0 Å². The van der Waals surface area contributed by atoms with Crippen molar-refractivity contribution in [3.8, 4) is 0 Å². The summed E-state index contributed by atoms with van der Waals surface area (Å²) in [5.41, 5.74) is 0.425. The molecule has 2 aromatic carbocycles. The van der Waals surface area contributed by atoms with Gasteiger partial charge in [0.1, 0.15) is 10.7 Å². The fourth-order valence-electron chi connectivity index (χ4n) is 2.96. The minimum absolute atomic E-state index is 0.0813. The molecule has 1 aliphatic heterocycles. The second-order valence-electron chi connectivity index (χ2n) is 6.64. The van der Waals surface area contributed by atoms with Gasteiger partial charge in [-0.15, -0.1) is 0 Å². The largest absolute Gasteiger partial charge is 0.379 e. The molecule has 0 atom stereocenters. The Kier molecular flexibility index (Phi) is 6.24. The van der Waals surface area contributed by atoms with E-state index < -0.39 is 36.7 Å². The van der Waals surface area contributed by atoms with E-state index in [2.05, 4.69) is 5.32 Å². The van der Waals surface area contributed by atoms with Crippen LogP contribution in [0.25, 0.3) is 0 Å². The first-order valence-corrected chi connectivity index (χ1v) is 11.8. The number of amides is 1. The second kappa shape index (κ2) is 8.40. The van der Waals surface area contributed by atoms with Gasteiger partial charge in [0.25, 0.3) is 5.91 Å². The molecule has 0 bridgehead atoms. The number of carbonyl (C=O) groups excluding carboxylic acids is 1. The normalized spacial score (nSPS) is 15.7. The maximum Gasteiger partial charge on any atom is 0.255 e. The van der Waals surface area contributed by atoms with Gasteiger partial charge in [0.2, 0.25) is 20.0 Å². The Morgan fingerprint density at radius 3 is 2.37 bits per heavy atom. The van der Waals surface area contributed by atoms with E-state index in [-0.39, 0.29) is 42.4 Å². The minimum Gasteiger partial charge on any atom is -0.379 e. The van der Waals surface area contributed by atoms with E-state index in [0.29, 0.717) is 5.56 Å². The zero-order valence-electron chi connectivity index (χ0n) is 16.0. The highest BCUT2D eigenvalue weighted by molar-refractivity contribution is 7.89. The lowest BCUT2D eigenvalue weighted by Gasteiger charge is -2.26. The van der Waals surface area contributed by atoms with Gasteiger partial charge in [-0.1, -0.05) is 6.07 Å². The zero-order valence-corrected chi connectivity index (χ0v) is 17.6. The van der Waals surface area contributed by atoms with Crippen molar-refractivity contribution in [3.05, 3.63) is 53.3 Å². The lowest BCUT2D eigenvalue weighted by molar-refractivity contribution is 0.0729. The number of carbonyl (C=O) groups is 1. The van der Waals surface area contributed by atoms with Crippen LogP contribution in [-0.2, 0) is 24.8 Å². The summed E-state index contributed by atoms with van der Waals surface area (Å²) in [5, 5.41) is 7.63. The van der Waals surface area contributed by atoms with Gasteiger partial charge in [-0.25, -0.2) is 26.4 Å². The summed E-state index contributed by atoms with van der Waals surface area (Å²) >= 11 is 0. The van der Waals surface area contributed by atoms with Crippen molar-refractivity contribution in [2.75, 3.05) is 31.6 Å². The summed E-state index contributed by atoms with van der Waals surface area (Å²) in [6.07, 6.45) is 0. The Morgan fingerprint density at radius 2 is 1.73 bits per heavy atom. The molecule has 2 aromatic rings. The van der Waals surface area contributed by atoms with Crippen LogP contribution in [0.3, 0.4) is 0 Å². The van der Waals surface area contributed by atoms with Gasteiger partial charge in [0.05, 0.1) is 18.1 Å². The third-order valence-corrected chi connectivity index (χ3v) is 7.50. The molecule has 1 amide bonds. The van der Waals surface area contributed by atoms with Crippen LogP contribution < -0.4 is 10.5 Å². The van der Waals surface area contributed by atoms with Crippen molar-refractivity contribution in [1.29, 1.82) is 0 Å². The van der Waals surface area contributed by atoms with E-state index in [9.17, 15) is 26.0 Å². The van der Waals surface area contributed by atoms with Crippen molar-refractivity contribution in [3.63, 3.8) is 0 Å². The van der Waals surface area contributed by atoms with E-state index in [1.54, 1.807) is 6.92 Å². The predicted molar refractivity (Wildman–Crippen MR) is 106 cm³/mol. The Morgan fingerprint density at radius 1 is 1.07 bits per heavy atom. The van der Waals surface area contributed by atoms with Crippen molar-refractivity contribution < 1.29 is 30.8 Å². The van der Waals surface area contributed by atoms with Crippen LogP contribution in [0.4, 0.5) is 10.1 Å². The van der Waals surface area contributed by atoms with Gasteiger partial charge in [-0.05, 0) is 42.8 Å². The summed E-state index contributed by atoms with van der Waals surface area (Å²) < 4.78 is 69.3. The van der Waals surface area contributed by atoms with Crippen LogP contribution in [0.2, 0.25) is 0 Å². The summed E-state index contributed by atoms with van der Waals surface area (Å²) in [5.74, 6) is -1.72. The predicted octanol–water partition coefficient (Wildman–Crippen LogP) is 1.05. The van der Waals surface area contributed by atoms with E-state index in [1.165, 1.54) is 18.2 Å². The molecule has 162 valence electrons. The van der Waals surface area contributed by atoms with E-state index in [1.807, 2.05) is 0 Å². The Bertz CT molecular complexity index is 1190. The third-order valence-electron chi connectivity index (χ3n) is 4.53. The molecule has 0 saturated carbocycles. The smallest absolute Gasteiger partial charge is 0.255 e. The molecule has 3 rings (SSSR count). The molecule has 1 aliphatic rings. The lowest BCUT2D eigenvalue weighted by atomic mass is 10.2. The molecule has 1 heterocycles. The van der Waals surface area contributed by atoms with Crippen LogP contribution >= 0.6 is 0 Å². The summed E-state index contributed by atoms with van der Waals surface area (Å²) in [6.45, 7) is 2.10. The number of aryl methyl sites for hydroxylation is 1. The second-order valence-corrected chi connectivity index (χ2v) is 10.1. The van der Waals surface area contributed by atoms with Gasteiger partial charge in [0.15, 0.2) is 0 Å². The van der Waals surface area contributed by atoms with E-state index in [0.717, 1.165) is 22.5 Å². The number of nitrogens with two attached hydrogens (primary N) is 1. The molecule has 0 spiro atoms. The molecular formula is C18H20FN3O6S2. The standard InChI is InChI=1S/C18H20FN3O6S2/c1-12-2-4-14(11-16(12)29(20,24)25)21-18(23)13-3-5-15(19)17(10-13)30(26,27)22-6-8-28-9-7-22/h2-5,10-11H,6-9H2,1H3,(H,21,23)(H2,20,24,25). The van der Waals surface area contributed by atoms with E-state index >= 15 is 0 Å². The number of morpholine rings is 1. The van der Waals surface area contributed by atoms with Crippen molar-refractivity contribution in [2.45, 2.75) is 16.7 Å². The number of halogens is 1. The van der Waals surface area contributed by atoms with Gasteiger partial charge >= 0.3 is 0 Å². The number of nitrogens with one attached hydrogen (secondary N) is 1. The van der Waals surface area contributed by atoms with Crippen LogP contribution in [-0.4, -0.2) is 53.4 Å². The maximum absolute atomic E-state index is 14.3. The lowest BCUT2D eigenvalue weighted by Crippen LogP contribution is -2.41. The first-order chi connectivity index (χ1) is 14.0. The highest BCUT2D eigenvalue weighted by Crippen LogP contribution is 2.23. The van der Waals surface area contributed by atoms with Crippen molar-refractivity contribution >= 4 is 31.6 Å². The number of primary sulfonamides is 1. The minimum atomic E-state index is -4.15. The quantitative estimate of drug-likeness (QED) is 0.689. The Balaban J connectivity index is 1.90. The highest BCUT2D eigenvalue weighted by atomic mass is 32.2. The third kappa shape index (κ3) is 4.68. The van der Waals surface area contributed by atoms with Gasteiger partial charge < -0.3 is 10.1 Å². The average Bonchev–Trinajstić information content (AvgIpc) is 2.69. The summed E-state index contributed by atoms with van der Waals surface area (Å²) in [4.78, 5) is 11.8. The molecule has 0 unspecified atom stereocenters. The molecule has 9 nitrogen and oxygen atoms in total. The summed E-state index contributed by atoms with van der Waals surface area (Å²) in [7, 11) is -8.15. The number of hydrogen-bond donors (Lipinski definition) is 2. The molecule has 0 aliphatic carbocycles. The topological polar surface area (TPSA) is 136 Å². The van der Waals surface area contributed by atoms with Gasteiger partial charge in [-0.3, -0.25) is 4.79 Å². The number of anilines is 1. The number of rotatable bonds is 5. The molecule has 12 heteroatoms. The number of benzene rings is 2. The molecule has 3 N–H and O–H groups in total. The molecule has 0 radical (unpaired) electrons. The fourth-order valence-corrected chi connectivity index (χ4v) is 5.26. The molecule has 1 saturated heterocycles. The van der Waals surface area contributed by atoms with E-state index in [4.69, 9.17) is 9.88 Å². The number of hydrogen-bond acceptors (Lipinski definition) is 6. The van der Waals surface area contributed by atoms with Crippen LogP contribution in [0.1, 0.15) is 15.9 Å². The number of sulfonamides is 2. The molecule has 0 aromatic heterocycles. The first-order valence-electron chi connectivity index (χ1n) is 8.82. The monoisotopic (exact) mass is 457 g/mol. The molecule has 1 fully saturated rings. The maximum atomic E-state index is 14.3. The Hall–Kier alpha value is -2.38. The van der Waals surface area contributed by atoms with Gasteiger partial charge in [-0.2, -0.15) is 4.31 Å². The Labute approximate surface area is 173 Å². The molecule has 30 heavy (non-hydrogen) atoms.